The average molecular weight is 554 g/mol. The topological polar surface area (TPSA) is 40.0 Å². The minimum absolute atomic E-state index is 0.0787. The van der Waals surface area contributed by atoms with Crippen LogP contribution in [-0.4, -0.2) is 34.6 Å². The van der Waals surface area contributed by atoms with Gasteiger partial charge in [0.1, 0.15) is 6.61 Å². The number of hydrogen-bond acceptors (Lipinski definition) is 4. The second-order valence-electron chi connectivity index (χ2n) is 15.1. The van der Waals surface area contributed by atoms with Crippen molar-refractivity contribution < 1.29 is 13.7 Å². The molecule has 0 amide bonds. The van der Waals surface area contributed by atoms with Crippen molar-refractivity contribution in [1.82, 2.24) is 0 Å². The predicted octanol–water partition coefficient (Wildman–Crippen LogP) is 8.57. The fourth-order valence-corrected chi connectivity index (χ4v) is 10.7. The van der Waals surface area contributed by atoms with E-state index >= 15 is 0 Å². The number of fused-ring (bicyclic) bond motifs is 5. The number of nitrogens with zero attached hydrogens (tertiary/aromatic N) is 1. The third-order valence-electron chi connectivity index (χ3n) is 10.1. The summed E-state index contributed by atoms with van der Waals surface area (Å²) in [4.78, 5) is 5.99. The van der Waals surface area contributed by atoms with Gasteiger partial charge in [-0.05, 0) is 113 Å². The predicted molar refractivity (Wildman–Crippen MR) is 162 cm³/mol. The van der Waals surface area contributed by atoms with Crippen molar-refractivity contribution in [1.29, 1.82) is 0 Å². The van der Waals surface area contributed by atoms with Gasteiger partial charge in [-0.2, -0.15) is 0 Å². The van der Waals surface area contributed by atoms with E-state index in [1.807, 2.05) is 6.07 Å². The molecule has 38 heavy (non-hydrogen) atoms. The van der Waals surface area contributed by atoms with E-state index in [1.165, 1.54) is 32.1 Å². The Bertz CT molecular complexity index is 1060. The first-order valence-corrected chi connectivity index (χ1v) is 21.9. The summed E-state index contributed by atoms with van der Waals surface area (Å²) >= 11 is 0. The number of rotatable bonds is 7. The van der Waals surface area contributed by atoms with E-state index in [9.17, 15) is 0 Å². The molecule has 0 bridgehead atoms. The largest absolute Gasteiger partial charge is 0.414 e. The molecule has 0 saturated heterocycles. The summed E-state index contributed by atoms with van der Waals surface area (Å²) in [5.41, 5.74) is 4.47. The zero-order chi connectivity index (χ0) is 27.3. The maximum Gasteiger partial charge on any atom is 0.184 e. The molecule has 5 rings (SSSR count). The van der Waals surface area contributed by atoms with E-state index in [0.29, 0.717) is 30.0 Å². The van der Waals surface area contributed by atoms with E-state index in [-0.39, 0.29) is 11.5 Å². The molecule has 4 nitrogen and oxygen atoms in total. The third kappa shape index (κ3) is 5.66. The molecule has 3 fully saturated rings. The first-order chi connectivity index (χ1) is 17.8. The Morgan fingerprint density at radius 3 is 2.26 bits per heavy atom. The SMILES string of the molecule is C[C@]12CC[C@H]3[C@@H](CC=C4C[C@@H](O[Si](C)(C)C)CC[C@@]43C)[C@@H]1C/C(=N/OCc1ccccc1)[C@@H]2O[Si](C)(C)C. The van der Waals surface area contributed by atoms with Crippen LogP contribution in [-0.2, 0) is 20.3 Å². The van der Waals surface area contributed by atoms with Crippen LogP contribution in [0.25, 0.3) is 0 Å². The Hall–Kier alpha value is -1.22. The van der Waals surface area contributed by atoms with Crippen LogP contribution in [0.4, 0.5) is 0 Å². The molecule has 0 aliphatic heterocycles. The molecule has 1 aromatic rings. The fourth-order valence-electron chi connectivity index (χ4n) is 8.40. The van der Waals surface area contributed by atoms with E-state index in [1.54, 1.807) is 5.57 Å². The monoisotopic (exact) mass is 553 g/mol. The lowest BCUT2D eigenvalue weighted by Gasteiger charge is -2.58. The molecular weight excluding hydrogens is 503 g/mol. The molecule has 0 radical (unpaired) electrons. The summed E-state index contributed by atoms with van der Waals surface area (Å²) in [6, 6.07) is 10.4. The van der Waals surface area contributed by atoms with Crippen LogP contribution in [0.2, 0.25) is 39.3 Å². The standard InChI is InChI=1S/C32H51NO3Si2/c1-31-18-16-25(35-37(3,4)5)20-24(31)14-15-26-27(31)17-19-32(2)28(26)21-29(30(32)36-38(6,7)8)33-34-22-23-12-10-9-11-13-23/h9-14,25-28,30H,15-22H2,1-8H3/b33-29-/t25-,26+,27-,28-,30-,31-,32-/m0/s1. The molecule has 0 N–H and O–H groups in total. The van der Waals surface area contributed by atoms with Crippen molar-refractivity contribution in [3.63, 3.8) is 0 Å². The molecule has 7 atom stereocenters. The molecule has 0 heterocycles. The van der Waals surface area contributed by atoms with Crippen molar-refractivity contribution in [3.8, 4) is 0 Å². The summed E-state index contributed by atoms with van der Waals surface area (Å²) in [5.74, 6) is 2.06. The Morgan fingerprint density at radius 2 is 1.58 bits per heavy atom. The van der Waals surface area contributed by atoms with Crippen molar-refractivity contribution in [3.05, 3.63) is 47.5 Å². The molecule has 4 aliphatic carbocycles. The highest BCUT2D eigenvalue weighted by atomic mass is 28.4. The summed E-state index contributed by atoms with van der Waals surface area (Å²) < 4.78 is 13.6. The Labute approximate surface area is 233 Å². The lowest BCUT2D eigenvalue weighted by atomic mass is 9.48. The Kier molecular flexibility index (Phi) is 7.69. The van der Waals surface area contributed by atoms with Gasteiger partial charge < -0.3 is 13.7 Å². The fraction of sp³-hybridized carbons (Fsp3) is 0.719. The lowest BCUT2D eigenvalue weighted by Crippen LogP contribution is -2.53. The molecule has 0 spiro atoms. The molecular formula is C32H51NO3Si2. The highest BCUT2D eigenvalue weighted by Crippen LogP contribution is 2.65. The summed E-state index contributed by atoms with van der Waals surface area (Å²) in [7, 11) is -3.28. The third-order valence-corrected chi connectivity index (χ3v) is 12.1. The van der Waals surface area contributed by atoms with Gasteiger partial charge in [0.2, 0.25) is 0 Å². The number of hydrogen-bond donors (Lipinski definition) is 0. The van der Waals surface area contributed by atoms with E-state index < -0.39 is 16.6 Å². The van der Waals surface area contributed by atoms with Crippen LogP contribution >= 0.6 is 0 Å². The van der Waals surface area contributed by atoms with Crippen molar-refractivity contribution >= 4 is 22.3 Å². The molecule has 3 saturated carbocycles. The van der Waals surface area contributed by atoms with Crippen LogP contribution in [0.5, 0.6) is 0 Å². The molecule has 6 heteroatoms. The summed E-state index contributed by atoms with van der Waals surface area (Å²) in [5, 5.41) is 4.82. The zero-order valence-electron chi connectivity index (χ0n) is 25.2. The van der Waals surface area contributed by atoms with Crippen molar-refractivity contribution in [2.75, 3.05) is 0 Å². The first-order valence-electron chi connectivity index (χ1n) is 15.1. The van der Waals surface area contributed by atoms with Crippen molar-refractivity contribution in [2.24, 2.45) is 33.7 Å². The van der Waals surface area contributed by atoms with Gasteiger partial charge in [0.15, 0.2) is 16.6 Å². The minimum atomic E-state index is -1.76. The van der Waals surface area contributed by atoms with Gasteiger partial charge in [-0.15, -0.1) is 0 Å². The van der Waals surface area contributed by atoms with Gasteiger partial charge in [-0.3, -0.25) is 0 Å². The van der Waals surface area contributed by atoms with E-state index in [4.69, 9.17) is 18.8 Å². The lowest BCUT2D eigenvalue weighted by molar-refractivity contribution is -0.0627. The normalized spacial score (nSPS) is 38.3. The highest BCUT2D eigenvalue weighted by molar-refractivity contribution is 6.70. The zero-order valence-corrected chi connectivity index (χ0v) is 27.2. The van der Waals surface area contributed by atoms with Gasteiger partial charge in [-0.25, -0.2) is 0 Å². The van der Waals surface area contributed by atoms with Crippen LogP contribution in [0.1, 0.15) is 64.4 Å². The van der Waals surface area contributed by atoms with E-state index in [2.05, 4.69) is 83.5 Å². The smallest absolute Gasteiger partial charge is 0.184 e. The second-order valence-corrected chi connectivity index (χ2v) is 24.0. The van der Waals surface area contributed by atoms with Gasteiger partial charge >= 0.3 is 0 Å². The summed E-state index contributed by atoms with van der Waals surface area (Å²) in [6.07, 6.45) is 11.5. The maximum atomic E-state index is 6.96. The minimum Gasteiger partial charge on any atom is -0.414 e. The van der Waals surface area contributed by atoms with Gasteiger partial charge in [0.25, 0.3) is 0 Å². The Morgan fingerprint density at radius 1 is 0.868 bits per heavy atom. The van der Waals surface area contributed by atoms with Crippen molar-refractivity contribution in [2.45, 2.75) is 117 Å². The molecule has 0 unspecified atom stereocenters. The van der Waals surface area contributed by atoms with Gasteiger partial charge in [0, 0.05) is 11.5 Å². The highest BCUT2D eigenvalue weighted by Gasteiger charge is 2.61. The van der Waals surface area contributed by atoms with Gasteiger partial charge in [0.05, 0.1) is 11.8 Å². The van der Waals surface area contributed by atoms with Crippen LogP contribution in [0.15, 0.2) is 47.1 Å². The van der Waals surface area contributed by atoms with Crippen LogP contribution in [0, 0.1) is 28.6 Å². The quantitative estimate of drug-likeness (QED) is 0.193. The Balaban J connectivity index is 1.38. The van der Waals surface area contributed by atoms with Gasteiger partial charge in [-0.1, -0.05) is 61.0 Å². The first kappa shape index (κ1) is 28.3. The molecule has 4 aliphatic rings. The number of oxime groups is 1. The second kappa shape index (κ2) is 10.3. The molecule has 1 aromatic carbocycles. The molecule has 0 aromatic heterocycles. The van der Waals surface area contributed by atoms with Crippen LogP contribution < -0.4 is 0 Å². The number of benzene rings is 1. The maximum absolute atomic E-state index is 6.96. The summed E-state index contributed by atoms with van der Waals surface area (Å²) in [6.45, 7) is 19.6. The van der Waals surface area contributed by atoms with E-state index in [0.717, 1.165) is 30.0 Å². The molecule has 210 valence electrons. The van der Waals surface area contributed by atoms with Crippen LogP contribution in [0.3, 0.4) is 0 Å². The number of allylic oxidation sites excluding steroid dienone is 1. The average Bonchev–Trinajstić information content (AvgIpc) is 3.09.